The van der Waals surface area contributed by atoms with E-state index in [2.05, 4.69) is 6.92 Å². The van der Waals surface area contributed by atoms with Gasteiger partial charge in [0.15, 0.2) is 0 Å². The fourth-order valence-electron chi connectivity index (χ4n) is 2.38. The van der Waals surface area contributed by atoms with E-state index in [1.54, 1.807) is 0 Å². The lowest BCUT2D eigenvalue weighted by atomic mass is 10.1. The Hall–Kier alpha value is -1.75. The molecule has 2 N–H and O–H groups in total. The van der Waals surface area contributed by atoms with E-state index in [1.807, 2.05) is 30.0 Å². The van der Waals surface area contributed by atoms with Gasteiger partial charge < -0.3 is 20.1 Å². The molecule has 1 atom stereocenters. The van der Waals surface area contributed by atoms with Crippen LogP contribution in [0.15, 0.2) is 18.2 Å². The second-order valence-corrected chi connectivity index (χ2v) is 5.26. The molecule has 1 aromatic carbocycles. The Bertz CT molecular complexity index is 490. The van der Waals surface area contributed by atoms with Crippen LogP contribution in [0.2, 0.25) is 0 Å². The van der Waals surface area contributed by atoms with Crippen LogP contribution in [0.25, 0.3) is 0 Å². The van der Waals surface area contributed by atoms with Crippen LogP contribution in [-0.4, -0.2) is 31.8 Å². The number of carbonyl (C=O) groups excluding carboxylic acids is 1. The molecule has 1 aromatic rings. The number of nitrogens with zero attached hydrogens (tertiary/aromatic N) is 1. The SMILES string of the molecule is CCCOC(=O)CN1CC(CC)Oc2cc(CN)ccc21. The Morgan fingerprint density at radius 1 is 1.48 bits per heavy atom. The number of hydrogen-bond donors (Lipinski definition) is 1. The van der Waals surface area contributed by atoms with Crippen molar-refractivity contribution in [2.24, 2.45) is 5.73 Å². The van der Waals surface area contributed by atoms with Crippen LogP contribution in [0, 0.1) is 0 Å². The number of carbonyl (C=O) groups is 1. The Labute approximate surface area is 126 Å². The minimum absolute atomic E-state index is 0.0875. The maximum absolute atomic E-state index is 11.9. The van der Waals surface area contributed by atoms with E-state index in [0.29, 0.717) is 19.7 Å². The van der Waals surface area contributed by atoms with Gasteiger partial charge in [0.25, 0.3) is 0 Å². The number of ether oxygens (including phenoxy) is 2. The Kier molecular flexibility index (Phi) is 5.44. The van der Waals surface area contributed by atoms with Gasteiger partial charge in [-0.1, -0.05) is 19.9 Å². The van der Waals surface area contributed by atoms with E-state index in [0.717, 1.165) is 29.8 Å². The summed E-state index contributed by atoms with van der Waals surface area (Å²) < 4.78 is 11.1. The molecule has 1 aliphatic rings. The van der Waals surface area contributed by atoms with Crippen molar-refractivity contribution in [2.45, 2.75) is 39.3 Å². The van der Waals surface area contributed by atoms with Crippen LogP contribution in [-0.2, 0) is 16.1 Å². The molecule has 21 heavy (non-hydrogen) atoms. The topological polar surface area (TPSA) is 64.8 Å². The van der Waals surface area contributed by atoms with Crippen molar-refractivity contribution in [3.05, 3.63) is 23.8 Å². The number of anilines is 1. The molecule has 0 saturated heterocycles. The number of hydrogen-bond acceptors (Lipinski definition) is 5. The van der Waals surface area contributed by atoms with Crippen molar-refractivity contribution in [1.82, 2.24) is 0 Å². The van der Waals surface area contributed by atoms with E-state index in [-0.39, 0.29) is 18.6 Å². The number of nitrogens with two attached hydrogens (primary N) is 1. The van der Waals surface area contributed by atoms with Gasteiger partial charge in [0, 0.05) is 6.54 Å². The van der Waals surface area contributed by atoms with Crippen molar-refractivity contribution in [3.8, 4) is 5.75 Å². The van der Waals surface area contributed by atoms with Gasteiger partial charge in [-0.05, 0) is 30.5 Å². The zero-order valence-electron chi connectivity index (χ0n) is 12.8. The number of rotatable bonds is 6. The quantitative estimate of drug-likeness (QED) is 0.813. The van der Waals surface area contributed by atoms with E-state index < -0.39 is 0 Å². The molecular weight excluding hydrogens is 268 g/mol. The molecule has 0 amide bonds. The fourth-order valence-corrected chi connectivity index (χ4v) is 2.38. The first-order valence-corrected chi connectivity index (χ1v) is 7.58. The summed E-state index contributed by atoms with van der Waals surface area (Å²) in [7, 11) is 0. The van der Waals surface area contributed by atoms with Crippen molar-refractivity contribution in [1.29, 1.82) is 0 Å². The highest BCUT2D eigenvalue weighted by molar-refractivity contribution is 5.77. The first-order valence-electron chi connectivity index (χ1n) is 7.58. The normalized spacial score (nSPS) is 17.1. The third-order valence-corrected chi connectivity index (χ3v) is 3.56. The minimum Gasteiger partial charge on any atom is -0.486 e. The molecule has 0 fully saturated rings. The first kappa shape index (κ1) is 15.6. The van der Waals surface area contributed by atoms with E-state index in [9.17, 15) is 4.79 Å². The van der Waals surface area contributed by atoms with Crippen LogP contribution in [0.1, 0.15) is 32.3 Å². The van der Waals surface area contributed by atoms with E-state index in [4.69, 9.17) is 15.2 Å². The summed E-state index contributed by atoms with van der Waals surface area (Å²) in [6, 6.07) is 5.90. The lowest BCUT2D eigenvalue weighted by Gasteiger charge is -2.35. The molecule has 1 aliphatic heterocycles. The molecule has 5 nitrogen and oxygen atoms in total. The van der Waals surface area contributed by atoms with Crippen LogP contribution in [0.3, 0.4) is 0 Å². The van der Waals surface area contributed by atoms with E-state index in [1.165, 1.54) is 0 Å². The smallest absolute Gasteiger partial charge is 0.325 e. The van der Waals surface area contributed by atoms with Crippen molar-refractivity contribution >= 4 is 11.7 Å². The minimum atomic E-state index is -0.192. The summed E-state index contributed by atoms with van der Waals surface area (Å²) >= 11 is 0. The van der Waals surface area contributed by atoms with Gasteiger partial charge in [0.2, 0.25) is 0 Å². The highest BCUT2D eigenvalue weighted by atomic mass is 16.5. The molecule has 0 bridgehead atoms. The second-order valence-electron chi connectivity index (χ2n) is 5.26. The van der Waals surface area contributed by atoms with Crippen molar-refractivity contribution in [3.63, 3.8) is 0 Å². The molecule has 0 aliphatic carbocycles. The average Bonchev–Trinajstić information content (AvgIpc) is 2.51. The zero-order valence-corrected chi connectivity index (χ0v) is 12.8. The summed E-state index contributed by atoms with van der Waals surface area (Å²) in [5.74, 6) is 0.613. The number of fused-ring (bicyclic) bond motifs is 1. The molecule has 0 saturated carbocycles. The molecular formula is C16H24N2O3. The maximum atomic E-state index is 11.9. The van der Waals surface area contributed by atoms with Crippen molar-refractivity contribution < 1.29 is 14.3 Å². The summed E-state index contributed by atoms with van der Waals surface area (Å²) in [6.45, 7) is 5.97. The molecule has 2 rings (SSSR count). The second kappa shape index (κ2) is 7.31. The predicted molar refractivity (Wildman–Crippen MR) is 82.5 cm³/mol. The Balaban J connectivity index is 2.16. The van der Waals surface area contributed by atoms with E-state index >= 15 is 0 Å². The molecule has 116 valence electrons. The van der Waals surface area contributed by atoms with Crippen molar-refractivity contribution in [2.75, 3.05) is 24.6 Å². The molecule has 0 radical (unpaired) electrons. The van der Waals surface area contributed by atoms with Gasteiger partial charge in [-0.25, -0.2) is 0 Å². The van der Waals surface area contributed by atoms with Gasteiger partial charge in [-0.15, -0.1) is 0 Å². The van der Waals surface area contributed by atoms with Gasteiger partial charge >= 0.3 is 5.97 Å². The molecule has 0 spiro atoms. The third-order valence-electron chi connectivity index (χ3n) is 3.56. The molecule has 5 heteroatoms. The van der Waals surface area contributed by atoms with Crippen LogP contribution in [0.4, 0.5) is 5.69 Å². The first-order chi connectivity index (χ1) is 10.2. The van der Waals surface area contributed by atoms with Crippen LogP contribution in [0.5, 0.6) is 5.75 Å². The summed E-state index contributed by atoms with van der Waals surface area (Å²) in [5, 5.41) is 0. The van der Waals surface area contributed by atoms with Crippen LogP contribution >= 0.6 is 0 Å². The largest absolute Gasteiger partial charge is 0.486 e. The Morgan fingerprint density at radius 3 is 2.95 bits per heavy atom. The molecule has 1 unspecified atom stereocenters. The zero-order chi connectivity index (χ0) is 15.2. The summed E-state index contributed by atoms with van der Waals surface area (Å²) in [4.78, 5) is 13.9. The maximum Gasteiger partial charge on any atom is 0.325 e. The lowest BCUT2D eigenvalue weighted by Crippen LogP contribution is -2.42. The van der Waals surface area contributed by atoms with Crippen LogP contribution < -0.4 is 15.4 Å². The highest BCUT2D eigenvalue weighted by Gasteiger charge is 2.26. The van der Waals surface area contributed by atoms with Gasteiger partial charge in [-0.3, -0.25) is 4.79 Å². The molecule has 1 heterocycles. The monoisotopic (exact) mass is 292 g/mol. The fraction of sp³-hybridized carbons (Fsp3) is 0.562. The number of benzene rings is 1. The lowest BCUT2D eigenvalue weighted by molar-refractivity contribution is -0.142. The summed E-state index contributed by atoms with van der Waals surface area (Å²) in [5.41, 5.74) is 7.64. The predicted octanol–water partition coefficient (Wildman–Crippen LogP) is 2.08. The average molecular weight is 292 g/mol. The third kappa shape index (κ3) is 3.88. The van der Waals surface area contributed by atoms with Gasteiger partial charge in [-0.2, -0.15) is 0 Å². The molecule has 0 aromatic heterocycles. The highest BCUT2D eigenvalue weighted by Crippen LogP contribution is 2.34. The number of esters is 1. The van der Waals surface area contributed by atoms with Gasteiger partial charge in [0.1, 0.15) is 18.4 Å². The summed E-state index contributed by atoms with van der Waals surface area (Å²) in [6.07, 6.45) is 1.82. The Morgan fingerprint density at radius 2 is 2.29 bits per heavy atom. The van der Waals surface area contributed by atoms with Gasteiger partial charge in [0.05, 0.1) is 18.8 Å². The standard InChI is InChI=1S/C16H24N2O3/c1-3-7-20-16(19)11-18-10-13(4-2)21-15-8-12(9-17)5-6-14(15)18/h5-6,8,13H,3-4,7,9-11,17H2,1-2H3.